The summed E-state index contributed by atoms with van der Waals surface area (Å²) in [5.41, 5.74) is 1.24. The smallest absolute Gasteiger partial charge is 0.106 e. The van der Waals surface area contributed by atoms with Crippen LogP contribution in [0.5, 0.6) is 0 Å². The maximum atomic E-state index is 9.90. The van der Waals surface area contributed by atoms with Crippen molar-refractivity contribution in [2.24, 2.45) is 5.92 Å². The molecule has 0 radical (unpaired) electrons. The zero-order chi connectivity index (χ0) is 15.6. The molecule has 1 aromatic rings. The van der Waals surface area contributed by atoms with Crippen molar-refractivity contribution in [3.8, 4) is 0 Å². The number of nitrogens with zero attached hydrogens (tertiary/aromatic N) is 1. The Morgan fingerprint density at radius 2 is 2.14 bits per heavy atom. The number of benzene rings is 1. The first-order valence-electron chi connectivity index (χ1n) is 8.81. The van der Waals surface area contributed by atoms with E-state index in [0.717, 1.165) is 25.7 Å². The fraction of sp³-hybridized carbons (Fsp3) is 0.684. The maximum Gasteiger partial charge on any atom is 0.106 e. The van der Waals surface area contributed by atoms with Gasteiger partial charge in [0.05, 0.1) is 0 Å². The molecule has 3 nitrogen and oxygen atoms in total. The third-order valence-corrected chi connectivity index (χ3v) is 5.69. The quantitative estimate of drug-likeness (QED) is 0.889. The Hall–Kier alpha value is -0.900. The molecule has 0 bridgehead atoms. The summed E-state index contributed by atoms with van der Waals surface area (Å²) in [7, 11) is 0. The first kappa shape index (κ1) is 16.0. The molecule has 2 fully saturated rings. The Morgan fingerprint density at radius 3 is 2.82 bits per heavy atom. The highest BCUT2D eigenvalue weighted by Gasteiger charge is 2.50. The summed E-state index contributed by atoms with van der Waals surface area (Å²) in [6.07, 6.45) is 6.99. The minimum Gasteiger partial charge on any atom is -0.396 e. The van der Waals surface area contributed by atoms with E-state index in [1.165, 1.54) is 18.4 Å². The van der Waals surface area contributed by atoms with Crippen LogP contribution in [0.1, 0.15) is 64.0 Å². The molecule has 0 aromatic heterocycles. The van der Waals surface area contributed by atoms with E-state index < -0.39 is 0 Å². The van der Waals surface area contributed by atoms with Crippen molar-refractivity contribution in [3.05, 3.63) is 35.9 Å². The lowest BCUT2D eigenvalue weighted by atomic mass is 9.75. The molecule has 1 aromatic carbocycles. The van der Waals surface area contributed by atoms with Gasteiger partial charge >= 0.3 is 0 Å². The summed E-state index contributed by atoms with van der Waals surface area (Å²) in [5, 5.41) is 12.2. The van der Waals surface area contributed by atoms with Crippen molar-refractivity contribution in [1.82, 2.24) is 5.06 Å². The van der Waals surface area contributed by atoms with Gasteiger partial charge in [0.1, 0.15) is 6.10 Å². The predicted octanol–water partition coefficient (Wildman–Crippen LogP) is 4.08. The number of hydroxylamine groups is 2. The minimum atomic E-state index is -0.0305. The van der Waals surface area contributed by atoms with Crippen molar-refractivity contribution in [2.45, 2.75) is 70.1 Å². The lowest BCUT2D eigenvalue weighted by Gasteiger charge is -2.49. The Morgan fingerprint density at radius 1 is 1.36 bits per heavy atom. The Balaban J connectivity index is 1.81. The molecule has 2 unspecified atom stereocenters. The van der Waals surface area contributed by atoms with Gasteiger partial charge in [-0.15, -0.1) is 0 Å². The van der Waals surface area contributed by atoms with Crippen molar-refractivity contribution >= 4 is 0 Å². The second-order valence-corrected chi connectivity index (χ2v) is 7.14. The van der Waals surface area contributed by atoms with Gasteiger partial charge in [-0.25, -0.2) is 0 Å². The summed E-state index contributed by atoms with van der Waals surface area (Å²) in [5.74, 6) is 0.301. The second-order valence-electron chi connectivity index (χ2n) is 7.14. The Labute approximate surface area is 134 Å². The molecule has 1 N–H and O–H groups in total. The van der Waals surface area contributed by atoms with E-state index in [4.69, 9.17) is 4.84 Å². The van der Waals surface area contributed by atoms with E-state index in [0.29, 0.717) is 12.0 Å². The monoisotopic (exact) mass is 303 g/mol. The zero-order valence-corrected chi connectivity index (χ0v) is 13.9. The van der Waals surface area contributed by atoms with E-state index in [-0.39, 0.29) is 18.2 Å². The Bertz CT molecular complexity index is 478. The molecule has 0 amide bonds. The largest absolute Gasteiger partial charge is 0.396 e. The molecular formula is C19H29NO2. The van der Waals surface area contributed by atoms with Crippen molar-refractivity contribution in [3.63, 3.8) is 0 Å². The topological polar surface area (TPSA) is 32.7 Å². The van der Waals surface area contributed by atoms with Crippen LogP contribution in [0, 0.1) is 5.92 Å². The molecular weight excluding hydrogens is 274 g/mol. The average molecular weight is 303 g/mol. The van der Waals surface area contributed by atoms with Crippen LogP contribution in [0.2, 0.25) is 0 Å². The van der Waals surface area contributed by atoms with E-state index in [2.05, 4.69) is 49.2 Å². The van der Waals surface area contributed by atoms with Crippen LogP contribution in [0.4, 0.5) is 0 Å². The fourth-order valence-corrected chi connectivity index (χ4v) is 4.38. The van der Waals surface area contributed by atoms with Crippen LogP contribution in [0.25, 0.3) is 0 Å². The molecule has 3 rings (SSSR count). The van der Waals surface area contributed by atoms with Gasteiger partial charge in [-0.2, -0.15) is 5.06 Å². The number of rotatable bonds is 5. The van der Waals surface area contributed by atoms with E-state index in [1.54, 1.807) is 0 Å². The van der Waals surface area contributed by atoms with E-state index in [9.17, 15) is 5.11 Å². The van der Waals surface area contributed by atoms with Crippen LogP contribution in [0.3, 0.4) is 0 Å². The Kier molecular flexibility index (Phi) is 4.86. The van der Waals surface area contributed by atoms with Gasteiger partial charge < -0.3 is 5.11 Å². The molecule has 0 spiro atoms. The van der Waals surface area contributed by atoms with Crippen LogP contribution >= 0.6 is 0 Å². The van der Waals surface area contributed by atoms with E-state index in [1.807, 2.05) is 0 Å². The van der Waals surface area contributed by atoms with Crippen molar-refractivity contribution in [2.75, 3.05) is 6.61 Å². The lowest BCUT2D eigenvalue weighted by molar-refractivity contribution is -0.253. The minimum absolute atomic E-state index is 0.0305. The maximum absolute atomic E-state index is 9.90. The zero-order valence-electron chi connectivity index (χ0n) is 13.9. The summed E-state index contributed by atoms with van der Waals surface area (Å²) in [4.78, 5) is 6.42. The van der Waals surface area contributed by atoms with Gasteiger partial charge in [0.2, 0.25) is 0 Å². The third kappa shape index (κ3) is 2.82. The highest BCUT2D eigenvalue weighted by atomic mass is 16.7. The highest BCUT2D eigenvalue weighted by Crippen LogP contribution is 2.47. The number of aliphatic hydroxyl groups is 1. The van der Waals surface area contributed by atoms with Gasteiger partial charge in [0, 0.05) is 24.1 Å². The molecule has 2 heterocycles. The SMILES string of the molecule is CCCC(CO)[C@]1(C)CCC[C@H]2CC(c3ccccc3)ON21. The summed E-state index contributed by atoms with van der Waals surface area (Å²) in [6, 6.07) is 11.0. The molecule has 2 saturated heterocycles. The highest BCUT2D eigenvalue weighted by molar-refractivity contribution is 5.19. The summed E-state index contributed by atoms with van der Waals surface area (Å²) in [6.45, 7) is 4.75. The van der Waals surface area contributed by atoms with Crippen LogP contribution in [0.15, 0.2) is 30.3 Å². The van der Waals surface area contributed by atoms with Crippen LogP contribution in [-0.4, -0.2) is 28.4 Å². The molecule has 0 saturated carbocycles. The van der Waals surface area contributed by atoms with Crippen LogP contribution in [-0.2, 0) is 4.84 Å². The standard InChI is InChI=1S/C19H29NO2/c1-3-8-16(14-21)19(2)12-7-11-17-13-18(22-20(17)19)15-9-5-4-6-10-15/h4-6,9-10,16-18,21H,3,7-8,11-14H2,1-2H3/t16?,17-,18?,19-/m0/s1. The molecule has 0 aliphatic carbocycles. The van der Waals surface area contributed by atoms with Crippen LogP contribution < -0.4 is 0 Å². The number of aliphatic hydroxyl groups excluding tert-OH is 1. The first-order valence-corrected chi connectivity index (χ1v) is 8.81. The van der Waals surface area contributed by atoms with Gasteiger partial charge in [-0.1, -0.05) is 43.7 Å². The lowest BCUT2D eigenvalue weighted by Crippen LogP contribution is -2.56. The van der Waals surface area contributed by atoms with Crippen molar-refractivity contribution < 1.29 is 9.94 Å². The van der Waals surface area contributed by atoms with Gasteiger partial charge in [0.15, 0.2) is 0 Å². The van der Waals surface area contributed by atoms with Gasteiger partial charge in [-0.3, -0.25) is 4.84 Å². The fourth-order valence-electron chi connectivity index (χ4n) is 4.38. The molecule has 2 aliphatic heterocycles. The number of hydrogen-bond donors (Lipinski definition) is 1. The second kappa shape index (κ2) is 6.69. The molecule has 2 aliphatic rings. The summed E-state index contributed by atoms with van der Waals surface area (Å²) >= 11 is 0. The number of fused-ring (bicyclic) bond motifs is 1. The third-order valence-electron chi connectivity index (χ3n) is 5.69. The normalized spacial score (nSPS) is 33.6. The first-order chi connectivity index (χ1) is 10.7. The predicted molar refractivity (Wildman–Crippen MR) is 88.3 cm³/mol. The molecule has 122 valence electrons. The molecule has 22 heavy (non-hydrogen) atoms. The van der Waals surface area contributed by atoms with Gasteiger partial charge in [0.25, 0.3) is 0 Å². The number of piperidine rings is 1. The number of hydrogen-bond acceptors (Lipinski definition) is 3. The van der Waals surface area contributed by atoms with E-state index >= 15 is 0 Å². The molecule has 3 heteroatoms. The summed E-state index contributed by atoms with van der Waals surface area (Å²) < 4.78 is 0. The van der Waals surface area contributed by atoms with Gasteiger partial charge in [-0.05, 0) is 44.6 Å². The average Bonchev–Trinajstić information content (AvgIpc) is 2.99. The molecule has 4 atom stereocenters. The van der Waals surface area contributed by atoms with Crippen molar-refractivity contribution in [1.29, 1.82) is 0 Å².